The number of nitrogens with one attached hydrogen (secondary N) is 2. The van der Waals surface area contributed by atoms with Gasteiger partial charge in [0.05, 0.1) is 6.04 Å². The molecule has 0 aromatic heterocycles. The zero-order valence-electron chi connectivity index (χ0n) is 13.7. The molecule has 1 aliphatic heterocycles. The van der Waals surface area contributed by atoms with Gasteiger partial charge in [-0.3, -0.25) is 4.79 Å². The molecule has 130 valence electrons. The molecule has 1 saturated heterocycles. The number of halogens is 1. The highest BCUT2D eigenvalue weighted by atomic mass is 19.1. The van der Waals surface area contributed by atoms with Crippen molar-refractivity contribution in [2.45, 2.75) is 18.9 Å². The predicted octanol–water partition coefficient (Wildman–Crippen LogP) is 2.47. The third-order valence-electron chi connectivity index (χ3n) is 4.14. The first-order chi connectivity index (χ1) is 12.1. The Kier molecular flexibility index (Phi) is 5.28. The van der Waals surface area contributed by atoms with Crippen LogP contribution >= 0.6 is 0 Å². The van der Waals surface area contributed by atoms with Crippen molar-refractivity contribution in [3.63, 3.8) is 0 Å². The molecule has 1 fully saturated rings. The van der Waals surface area contributed by atoms with Crippen molar-refractivity contribution in [2.75, 3.05) is 18.0 Å². The van der Waals surface area contributed by atoms with Crippen molar-refractivity contribution in [3.8, 4) is 0 Å². The van der Waals surface area contributed by atoms with E-state index >= 15 is 0 Å². The Bertz CT molecular complexity index is 734. The quantitative estimate of drug-likeness (QED) is 0.878. The second-order valence-electron chi connectivity index (χ2n) is 6.02. The number of hydrogen-bond donors (Lipinski definition) is 2. The molecular formula is C19H20FN3O2. The van der Waals surface area contributed by atoms with Gasteiger partial charge in [0, 0.05) is 25.2 Å². The number of amides is 3. The van der Waals surface area contributed by atoms with Crippen LogP contribution in [0.3, 0.4) is 0 Å². The van der Waals surface area contributed by atoms with Gasteiger partial charge in [-0.2, -0.15) is 0 Å². The van der Waals surface area contributed by atoms with E-state index in [1.165, 1.54) is 12.1 Å². The molecule has 25 heavy (non-hydrogen) atoms. The molecule has 3 amide bonds. The van der Waals surface area contributed by atoms with E-state index in [-0.39, 0.29) is 30.2 Å². The van der Waals surface area contributed by atoms with Crippen molar-refractivity contribution in [1.82, 2.24) is 10.6 Å². The summed E-state index contributed by atoms with van der Waals surface area (Å²) in [6.45, 7) is 0.911. The maximum absolute atomic E-state index is 13.0. The summed E-state index contributed by atoms with van der Waals surface area (Å²) in [5.74, 6) is -0.427. The lowest BCUT2D eigenvalue weighted by Gasteiger charge is -2.17. The van der Waals surface area contributed by atoms with Crippen molar-refractivity contribution < 1.29 is 14.0 Å². The number of anilines is 1. The maximum Gasteiger partial charge on any atom is 0.315 e. The Morgan fingerprint density at radius 2 is 1.84 bits per heavy atom. The summed E-state index contributed by atoms with van der Waals surface area (Å²) in [6.07, 6.45) is 0.989. The number of rotatable bonds is 5. The molecule has 2 aromatic rings. The van der Waals surface area contributed by atoms with E-state index in [0.717, 1.165) is 12.0 Å². The Hall–Kier alpha value is -2.89. The minimum Gasteiger partial charge on any atom is -0.338 e. The molecule has 2 aromatic carbocycles. The molecule has 1 heterocycles. The van der Waals surface area contributed by atoms with Crippen molar-refractivity contribution in [2.24, 2.45) is 0 Å². The number of benzene rings is 2. The maximum atomic E-state index is 13.0. The molecule has 2 N–H and O–H groups in total. The lowest BCUT2D eigenvalue weighted by molar-refractivity contribution is -0.117. The van der Waals surface area contributed by atoms with Crippen LogP contribution in [-0.4, -0.2) is 31.1 Å². The fourth-order valence-electron chi connectivity index (χ4n) is 2.88. The fraction of sp³-hybridized carbons (Fsp3) is 0.263. The molecule has 0 saturated carbocycles. The van der Waals surface area contributed by atoms with Crippen LogP contribution in [0.5, 0.6) is 0 Å². The second kappa shape index (κ2) is 7.79. The molecule has 0 spiro atoms. The number of carbonyl (C=O) groups is 2. The third-order valence-corrected chi connectivity index (χ3v) is 4.14. The van der Waals surface area contributed by atoms with Gasteiger partial charge >= 0.3 is 6.03 Å². The first kappa shape index (κ1) is 17.0. The molecule has 0 radical (unpaired) electrons. The zero-order valence-corrected chi connectivity index (χ0v) is 13.7. The van der Waals surface area contributed by atoms with Gasteiger partial charge in [-0.05, 0) is 36.2 Å². The van der Waals surface area contributed by atoms with Crippen molar-refractivity contribution in [1.29, 1.82) is 0 Å². The van der Waals surface area contributed by atoms with E-state index < -0.39 is 0 Å². The Morgan fingerprint density at radius 3 is 2.56 bits per heavy atom. The highest BCUT2D eigenvalue weighted by Gasteiger charge is 2.31. The largest absolute Gasteiger partial charge is 0.338 e. The van der Waals surface area contributed by atoms with E-state index in [0.29, 0.717) is 18.8 Å². The van der Waals surface area contributed by atoms with E-state index in [4.69, 9.17) is 0 Å². The summed E-state index contributed by atoms with van der Waals surface area (Å²) in [5, 5.41) is 5.63. The van der Waals surface area contributed by atoms with Crippen LogP contribution in [0.2, 0.25) is 0 Å². The molecule has 0 aliphatic carbocycles. The van der Waals surface area contributed by atoms with Crippen LogP contribution in [0.4, 0.5) is 14.9 Å². The van der Waals surface area contributed by atoms with Crippen LogP contribution in [0, 0.1) is 5.82 Å². The van der Waals surface area contributed by atoms with Gasteiger partial charge in [-0.15, -0.1) is 0 Å². The molecule has 6 heteroatoms. The van der Waals surface area contributed by atoms with Gasteiger partial charge in [0.1, 0.15) is 5.82 Å². The summed E-state index contributed by atoms with van der Waals surface area (Å²) in [4.78, 5) is 25.7. The number of carbonyl (C=O) groups excluding carboxylic acids is 2. The van der Waals surface area contributed by atoms with Crippen LogP contribution < -0.4 is 15.5 Å². The van der Waals surface area contributed by atoms with Gasteiger partial charge in [0.25, 0.3) is 0 Å². The smallest absolute Gasteiger partial charge is 0.315 e. The average Bonchev–Trinajstić information content (AvgIpc) is 2.96. The minimum atomic E-state index is -0.345. The lowest BCUT2D eigenvalue weighted by atomic mass is 10.1. The predicted molar refractivity (Wildman–Crippen MR) is 93.8 cm³/mol. The number of nitrogens with zero attached hydrogens (tertiary/aromatic N) is 1. The van der Waals surface area contributed by atoms with E-state index in [1.807, 2.05) is 30.3 Å². The zero-order chi connectivity index (χ0) is 17.6. The van der Waals surface area contributed by atoms with Crippen LogP contribution in [0.1, 0.15) is 12.0 Å². The van der Waals surface area contributed by atoms with E-state index in [9.17, 15) is 14.0 Å². The molecule has 1 atom stereocenters. The molecule has 3 rings (SSSR count). The third kappa shape index (κ3) is 4.56. The van der Waals surface area contributed by atoms with Crippen LogP contribution in [0.15, 0.2) is 54.6 Å². The highest BCUT2D eigenvalue weighted by Crippen LogP contribution is 2.21. The average molecular weight is 341 g/mol. The first-order valence-corrected chi connectivity index (χ1v) is 8.26. The summed E-state index contributed by atoms with van der Waals surface area (Å²) in [7, 11) is 0. The van der Waals surface area contributed by atoms with E-state index in [2.05, 4.69) is 10.6 Å². The molecule has 1 unspecified atom stereocenters. The van der Waals surface area contributed by atoms with Gasteiger partial charge in [-0.25, -0.2) is 9.18 Å². The normalized spacial score (nSPS) is 16.8. The standard InChI is InChI=1S/C19H20FN3O2/c20-15-6-8-17(9-7-15)23-13-16(12-18(23)24)22-19(25)21-11-10-14-4-2-1-3-5-14/h1-9,16H,10-13H2,(H2,21,22,25). The van der Waals surface area contributed by atoms with Crippen LogP contribution in [0.25, 0.3) is 0 Å². The molecular weight excluding hydrogens is 321 g/mol. The Labute approximate surface area is 145 Å². The number of hydrogen-bond acceptors (Lipinski definition) is 2. The fourth-order valence-corrected chi connectivity index (χ4v) is 2.88. The molecule has 0 bridgehead atoms. The van der Waals surface area contributed by atoms with Crippen LogP contribution in [-0.2, 0) is 11.2 Å². The monoisotopic (exact) mass is 341 g/mol. The summed E-state index contributed by atoms with van der Waals surface area (Å²) in [6, 6.07) is 15.1. The molecule has 5 nitrogen and oxygen atoms in total. The first-order valence-electron chi connectivity index (χ1n) is 8.26. The number of urea groups is 1. The van der Waals surface area contributed by atoms with Crippen molar-refractivity contribution >= 4 is 17.6 Å². The van der Waals surface area contributed by atoms with Gasteiger partial charge in [0.15, 0.2) is 0 Å². The highest BCUT2D eigenvalue weighted by molar-refractivity contribution is 5.96. The Balaban J connectivity index is 1.46. The van der Waals surface area contributed by atoms with Gasteiger partial charge < -0.3 is 15.5 Å². The Morgan fingerprint density at radius 1 is 1.12 bits per heavy atom. The van der Waals surface area contributed by atoms with E-state index in [1.54, 1.807) is 17.0 Å². The van der Waals surface area contributed by atoms with Crippen molar-refractivity contribution in [3.05, 3.63) is 66.0 Å². The topological polar surface area (TPSA) is 61.4 Å². The summed E-state index contributed by atoms with van der Waals surface area (Å²) in [5.41, 5.74) is 1.79. The molecule has 1 aliphatic rings. The van der Waals surface area contributed by atoms with Gasteiger partial charge in [-0.1, -0.05) is 30.3 Å². The summed E-state index contributed by atoms with van der Waals surface area (Å²) >= 11 is 0. The second-order valence-corrected chi connectivity index (χ2v) is 6.02. The summed E-state index contributed by atoms with van der Waals surface area (Å²) < 4.78 is 13.0. The lowest BCUT2D eigenvalue weighted by Crippen LogP contribution is -2.43. The SMILES string of the molecule is O=C(NCCc1ccccc1)NC1CC(=O)N(c2ccc(F)cc2)C1. The van der Waals surface area contributed by atoms with Gasteiger partial charge in [0.2, 0.25) is 5.91 Å². The minimum absolute atomic E-state index is 0.0822.